The third-order valence-corrected chi connectivity index (χ3v) is 4.62. The Bertz CT molecular complexity index is 1020. The molecule has 0 radical (unpaired) electrons. The lowest BCUT2D eigenvalue weighted by Crippen LogP contribution is -2.17. The van der Waals surface area contributed by atoms with E-state index in [0.717, 1.165) is 26.4 Å². The van der Waals surface area contributed by atoms with E-state index < -0.39 is 0 Å². The van der Waals surface area contributed by atoms with E-state index in [0.29, 0.717) is 5.56 Å². The number of fused-ring (bicyclic) bond motifs is 3. The smallest absolute Gasteiger partial charge is 0.267 e. The molecule has 2 heterocycles. The minimum Gasteiger partial charge on any atom is -0.268 e. The minimum absolute atomic E-state index is 0.00106. The predicted molar refractivity (Wildman–Crippen MR) is 110 cm³/mol. The molecule has 3 nitrogen and oxygen atoms in total. The van der Waals surface area contributed by atoms with Gasteiger partial charge in [0.25, 0.3) is 5.56 Å². The molecule has 0 aliphatic rings. The Morgan fingerprint density at radius 1 is 0.880 bits per heavy atom. The first-order valence-electron chi connectivity index (χ1n) is 8.72. The Labute approximate surface area is 152 Å². The van der Waals surface area contributed by atoms with Crippen LogP contribution in [0.2, 0.25) is 0 Å². The summed E-state index contributed by atoms with van der Waals surface area (Å²) < 4.78 is 2.79. The average Bonchev–Trinajstić information content (AvgIpc) is 3.04. The molecule has 2 aromatic heterocycles. The molecule has 0 saturated heterocycles. The summed E-state index contributed by atoms with van der Waals surface area (Å²) in [4.78, 5) is 18.3. The molecule has 0 saturated carbocycles. The number of hydrogen-bond acceptors (Lipinski definition) is 3. The summed E-state index contributed by atoms with van der Waals surface area (Å²) >= 11 is 1.55. The number of para-hydroxylation sites is 1. The van der Waals surface area contributed by atoms with Gasteiger partial charge in [-0.25, -0.2) is 4.98 Å². The van der Waals surface area contributed by atoms with Crippen molar-refractivity contribution >= 4 is 26.5 Å². The largest absolute Gasteiger partial charge is 0.268 e. The maximum atomic E-state index is 13.0. The maximum absolute atomic E-state index is 13.0. The zero-order chi connectivity index (χ0) is 18.4. The number of thiazole rings is 1. The molecule has 0 N–H and O–H groups in total. The van der Waals surface area contributed by atoms with Gasteiger partial charge in [-0.05, 0) is 24.6 Å². The Hall–Kier alpha value is -2.46. The fourth-order valence-corrected chi connectivity index (χ4v) is 3.71. The normalized spacial score (nSPS) is 9.96. The Morgan fingerprint density at radius 3 is 2.16 bits per heavy atom. The van der Waals surface area contributed by atoms with E-state index in [1.165, 1.54) is 0 Å². The van der Waals surface area contributed by atoms with Gasteiger partial charge in [-0.2, -0.15) is 0 Å². The lowest BCUT2D eigenvalue weighted by molar-refractivity contribution is 1.08. The van der Waals surface area contributed by atoms with Crippen LogP contribution in [-0.2, 0) is 0 Å². The molecule has 0 atom stereocenters. The lowest BCUT2D eigenvalue weighted by atomic mass is 10.1. The minimum atomic E-state index is 0.00106. The van der Waals surface area contributed by atoms with Crippen LogP contribution in [0.4, 0.5) is 0 Å². The summed E-state index contributed by atoms with van der Waals surface area (Å²) in [7, 11) is 0. The van der Waals surface area contributed by atoms with E-state index in [-0.39, 0.29) is 5.56 Å². The van der Waals surface area contributed by atoms with Crippen LogP contribution in [0.15, 0.2) is 59.4 Å². The van der Waals surface area contributed by atoms with Crippen molar-refractivity contribution in [2.45, 2.75) is 34.6 Å². The van der Waals surface area contributed by atoms with Crippen molar-refractivity contribution in [1.29, 1.82) is 0 Å². The van der Waals surface area contributed by atoms with Crippen LogP contribution in [0.3, 0.4) is 0 Å². The number of benzene rings is 2. The maximum Gasteiger partial charge on any atom is 0.267 e. The van der Waals surface area contributed by atoms with Crippen LogP contribution < -0.4 is 5.56 Å². The van der Waals surface area contributed by atoms with Crippen LogP contribution in [0.25, 0.3) is 26.3 Å². The van der Waals surface area contributed by atoms with Gasteiger partial charge in [0.1, 0.15) is 0 Å². The fourth-order valence-electron chi connectivity index (χ4n) is 2.65. The van der Waals surface area contributed by atoms with Gasteiger partial charge in [-0.1, -0.05) is 81.5 Å². The highest BCUT2D eigenvalue weighted by Gasteiger charge is 2.15. The molecule has 0 spiro atoms. The number of nitrogens with zero attached hydrogens (tertiary/aromatic N) is 2. The molecule has 0 amide bonds. The van der Waals surface area contributed by atoms with Gasteiger partial charge in [0.2, 0.25) is 0 Å². The first-order chi connectivity index (χ1) is 12.3. The van der Waals surface area contributed by atoms with E-state index in [9.17, 15) is 4.79 Å². The standard InChI is InChI=1S/C17H12N2OS.2C2H6/c1-11-15(12-7-3-2-4-8-12)16(20)19-13-9-5-6-10-14(13)21-17(19)18-11;2*1-2/h2-10H,1H3;2*1-2H3. The summed E-state index contributed by atoms with van der Waals surface area (Å²) in [6.07, 6.45) is 0. The van der Waals surface area contributed by atoms with E-state index in [1.54, 1.807) is 15.7 Å². The van der Waals surface area contributed by atoms with Crippen molar-refractivity contribution in [1.82, 2.24) is 9.38 Å². The zero-order valence-corrected chi connectivity index (χ0v) is 16.2. The van der Waals surface area contributed by atoms with E-state index in [2.05, 4.69) is 4.98 Å². The molecule has 2 aromatic carbocycles. The second kappa shape index (κ2) is 8.58. The molecule has 0 unspecified atom stereocenters. The van der Waals surface area contributed by atoms with Gasteiger partial charge in [0, 0.05) is 0 Å². The number of rotatable bonds is 1. The molecule has 4 rings (SSSR count). The average molecular weight is 353 g/mol. The fraction of sp³-hybridized carbons (Fsp3) is 0.238. The highest BCUT2D eigenvalue weighted by molar-refractivity contribution is 7.23. The Balaban J connectivity index is 0.000000528. The van der Waals surface area contributed by atoms with Crippen LogP contribution in [0.1, 0.15) is 33.4 Å². The summed E-state index contributed by atoms with van der Waals surface area (Å²) in [6, 6.07) is 17.6. The van der Waals surface area contributed by atoms with Crippen LogP contribution in [0, 0.1) is 6.92 Å². The molecule has 0 aliphatic carbocycles. The molecule has 0 bridgehead atoms. The summed E-state index contributed by atoms with van der Waals surface area (Å²) in [5.74, 6) is 0. The van der Waals surface area contributed by atoms with E-state index in [1.807, 2.05) is 89.2 Å². The second-order valence-electron chi connectivity index (χ2n) is 4.93. The van der Waals surface area contributed by atoms with Crippen LogP contribution >= 0.6 is 11.3 Å². The topological polar surface area (TPSA) is 34.4 Å². The van der Waals surface area contributed by atoms with Gasteiger partial charge < -0.3 is 0 Å². The third-order valence-electron chi connectivity index (χ3n) is 3.60. The highest BCUT2D eigenvalue weighted by Crippen LogP contribution is 2.26. The SMILES string of the molecule is CC.CC.Cc1nc2sc3ccccc3n2c(=O)c1-c1ccccc1. The van der Waals surface area contributed by atoms with Gasteiger partial charge in [0.15, 0.2) is 4.96 Å². The van der Waals surface area contributed by atoms with Crippen molar-refractivity contribution in [3.05, 3.63) is 70.6 Å². The Kier molecular flexibility index (Phi) is 6.48. The van der Waals surface area contributed by atoms with Gasteiger partial charge in [-0.3, -0.25) is 9.20 Å². The summed E-state index contributed by atoms with van der Waals surface area (Å²) in [5.41, 5.74) is 3.29. The van der Waals surface area contributed by atoms with Gasteiger partial charge >= 0.3 is 0 Å². The van der Waals surface area contributed by atoms with Gasteiger partial charge in [-0.15, -0.1) is 0 Å². The molecular weight excluding hydrogens is 328 g/mol. The Morgan fingerprint density at radius 2 is 1.48 bits per heavy atom. The summed E-state index contributed by atoms with van der Waals surface area (Å²) in [6.45, 7) is 9.90. The van der Waals surface area contributed by atoms with Crippen molar-refractivity contribution in [3.8, 4) is 11.1 Å². The number of aryl methyl sites for hydroxylation is 1. The van der Waals surface area contributed by atoms with Gasteiger partial charge in [0.05, 0.1) is 21.5 Å². The van der Waals surface area contributed by atoms with Crippen LogP contribution in [0.5, 0.6) is 0 Å². The zero-order valence-electron chi connectivity index (χ0n) is 15.4. The molecule has 4 aromatic rings. The van der Waals surface area contributed by atoms with Crippen LogP contribution in [-0.4, -0.2) is 9.38 Å². The van der Waals surface area contributed by atoms with E-state index >= 15 is 0 Å². The number of aromatic nitrogens is 2. The molecule has 25 heavy (non-hydrogen) atoms. The third kappa shape index (κ3) is 3.49. The molecule has 0 fully saturated rings. The monoisotopic (exact) mass is 352 g/mol. The molecule has 0 aliphatic heterocycles. The van der Waals surface area contributed by atoms with Crippen molar-refractivity contribution < 1.29 is 0 Å². The highest BCUT2D eigenvalue weighted by atomic mass is 32.1. The summed E-state index contributed by atoms with van der Waals surface area (Å²) in [5, 5.41) is 0. The molecular formula is C21H24N2OS. The molecule has 4 heteroatoms. The molecule has 130 valence electrons. The predicted octanol–water partition coefficient (Wildman–Crippen LogP) is 5.94. The van der Waals surface area contributed by atoms with Crippen molar-refractivity contribution in [2.24, 2.45) is 0 Å². The first kappa shape index (κ1) is 18.9. The number of hydrogen-bond donors (Lipinski definition) is 0. The van der Waals surface area contributed by atoms with Crippen molar-refractivity contribution in [3.63, 3.8) is 0 Å². The second-order valence-corrected chi connectivity index (χ2v) is 5.94. The van der Waals surface area contributed by atoms with Crippen molar-refractivity contribution in [2.75, 3.05) is 0 Å². The lowest BCUT2D eigenvalue weighted by Gasteiger charge is -2.05. The van der Waals surface area contributed by atoms with E-state index in [4.69, 9.17) is 0 Å². The first-order valence-corrected chi connectivity index (χ1v) is 9.53. The quantitative estimate of drug-likeness (QED) is 0.425.